The number of nitrogens with one attached hydrogen (secondary N) is 2. The lowest BCUT2D eigenvalue weighted by Crippen LogP contribution is -2.33. The molecule has 30 heavy (non-hydrogen) atoms. The molecule has 4 rings (SSSR count). The summed E-state index contributed by atoms with van der Waals surface area (Å²) < 4.78 is 30.2. The van der Waals surface area contributed by atoms with Gasteiger partial charge < -0.3 is 15.1 Å². The van der Waals surface area contributed by atoms with Gasteiger partial charge in [-0.15, -0.1) is 0 Å². The Morgan fingerprint density at radius 3 is 2.57 bits per heavy atom. The molecule has 2 aromatic carbocycles. The van der Waals surface area contributed by atoms with E-state index in [2.05, 4.69) is 26.6 Å². The highest BCUT2D eigenvalue weighted by Gasteiger charge is 2.31. The van der Waals surface area contributed by atoms with Crippen LogP contribution in [0.5, 0.6) is 0 Å². The zero-order valence-electron chi connectivity index (χ0n) is 15.6. The molecule has 7 nitrogen and oxygen atoms in total. The fourth-order valence-electron chi connectivity index (χ4n) is 3.35. The van der Waals surface area contributed by atoms with Crippen molar-refractivity contribution in [1.29, 1.82) is 0 Å². The quantitative estimate of drug-likeness (QED) is 0.578. The van der Waals surface area contributed by atoms with Gasteiger partial charge in [-0.05, 0) is 64.3 Å². The molecule has 154 valence electrons. The molecule has 1 unspecified atom stereocenters. The number of carbonyl (C=O) groups excluding carboxylic acids is 2. The Labute approximate surface area is 181 Å². The highest BCUT2D eigenvalue weighted by atomic mass is 79.9. The minimum atomic E-state index is -3.33. The second-order valence-corrected chi connectivity index (χ2v) is 9.67. The zero-order valence-corrected chi connectivity index (χ0v) is 18.0. The lowest BCUT2D eigenvalue weighted by Gasteiger charge is -2.26. The average molecular weight is 489 g/mol. The molecule has 2 N–H and O–H groups in total. The van der Waals surface area contributed by atoms with Crippen LogP contribution in [0.3, 0.4) is 0 Å². The number of carbonyl (C=O) groups is 2. The molecule has 1 aromatic heterocycles. The second kappa shape index (κ2) is 8.08. The smallest absolute Gasteiger partial charge is 0.291 e. The Hall–Kier alpha value is -2.91. The van der Waals surface area contributed by atoms with Gasteiger partial charge in [0.05, 0.1) is 16.7 Å². The molecule has 0 bridgehead atoms. The molecule has 0 aliphatic carbocycles. The van der Waals surface area contributed by atoms with E-state index in [0.717, 1.165) is 0 Å². The highest BCUT2D eigenvalue weighted by Crippen LogP contribution is 2.32. The first-order valence-electron chi connectivity index (χ1n) is 9.13. The third kappa shape index (κ3) is 4.17. The number of amides is 2. The van der Waals surface area contributed by atoms with Gasteiger partial charge in [-0.2, -0.15) is 0 Å². The maximum Gasteiger partial charge on any atom is 0.291 e. The predicted octanol–water partition coefficient (Wildman–Crippen LogP) is 3.94. The first-order chi connectivity index (χ1) is 14.3. The van der Waals surface area contributed by atoms with Gasteiger partial charge in [0.2, 0.25) is 0 Å². The number of furan rings is 1. The van der Waals surface area contributed by atoms with E-state index in [4.69, 9.17) is 4.42 Å². The first-order valence-corrected chi connectivity index (χ1v) is 11.6. The minimum absolute atomic E-state index is 0.0240. The molecule has 0 fully saturated rings. The SMILES string of the molecule is O=C(NC1CCS(=O)(=O)c2ccccc21)c1cccc(NC(=O)c2ccc(Br)o2)c1. The molecule has 0 spiro atoms. The van der Waals surface area contributed by atoms with Crippen LogP contribution in [0.1, 0.15) is 38.9 Å². The number of fused-ring (bicyclic) bond motifs is 1. The Bertz CT molecular complexity index is 1240. The van der Waals surface area contributed by atoms with E-state index >= 15 is 0 Å². The molecule has 0 saturated carbocycles. The monoisotopic (exact) mass is 488 g/mol. The summed E-state index contributed by atoms with van der Waals surface area (Å²) in [5.41, 5.74) is 1.37. The molecule has 0 saturated heterocycles. The fraction of sp³-hybridized carbons (Fsp3) is 0.143. The third-order valence-electron chi connectivity index (χ3n) is 4.79. The molecule has 1 aliphatic rings. The van der Waals surface area contributed by atoms with Crippen LogP contribution in [0.4, 0.5) is 5.69 Å². The van der Waals surface area contributed by atoms with E-state index in [-0.39, 0.29) is 22.3 Å². The maximum absolute atomic E-state index is 12.8. The molecule has 2 amide bonds. The second-order valence-electron chi connectivity index (χ2n) is 6.81. The van der Waals surface area contributed by atoms with Crippen molar-refractivity contribution in [2.75, 3.05) is 11.1 Å². The number of halogens is 1. The van der Waals surface area contributed by atoms with Crippen molar-refractivity contribution >= 4 is 43.3 Å². The number of sulfone groups is 1. The molecule has 9 heteroatoms. The van der Waals surface area contributed by atoms with Gasteiger partial charge in [-0.25, -0.2) is 8.42 Å². The summed E-state index contributed by atoms with van der Waals surface area (Å²) in [6.45, 7) is 0. The van der Waals surface area contributed by atoms with Crippen LogP contribution >= 0.6 is 15.9 Å². The van der Waals surface area contributed by atoms with Gasteiger partial charge in [-0.3, -0.25) is 9.59 Å². The van der Waals surface area contributed by atoms with Crippen LogP contribution in [-0.2, 0) is 9.84 Å². The Kier molecular flexibility index (Phi) is 5.48. The van der Waals surface area contributed by atoms with E-state index in [9.17, 15) is 18.0 Å². The Balaban J connectivity index is 1.51. The van der Waals surface area contributed by atoms with Gasteiger partial charge in [0.25, 0.3) is 11.8 Å². The van der Waals surface area contributed by atoms with Crippen LogP contribution in [0.15, 0.2) is 74.6 Å². The van der Waals surface area contributed by atoms with Gasteiger partial charge in [-0.1, -0.05) is 24.3 Å². The van der Waals surface area contributed by atoms with Gasteiger partial charge in [0.1, 0.15) is 0 Å². The highest BCUT2D eigenvalue weighted by molar-refractivity contribution is 9.10. The summed E-state index contributed by atoms with van der Waals surface area (Å²) in [4.78, 5) is 25.3. The number of rotatable bonds is 4. The normalized spacial score (nSPS) is 17.0. The third-order valence-corrected chi connectivity index (χ3v) is 7.03. The van der Waals surface area contributed by atoms with Crippen molar-refractivity contribution in [1.82, 2.24) is 5.32 Å². The summed E-state index contributed by atoms with van der Waals surface area (Å²) in [6, 6.07) is 15.9. The Morgan fingerprint density at radius 1 is 1.00 bits per heavy atom. The summed E-state index contributed by atoms with van der Waals surface area (Å²) >= 11 is 3.15. The molecule has 1 atom stereocenters. The topological polar surface area (TPSA) is 105 Å². The Morgan fingerprint density at radius 2 is 1.80 bits per heavy atom. The molecule has 1 aliphatic heterocycles. The summed E-state index contributed by atoms with van der Waals surface area (Å²) in [5.74, 6) is -0.684. The summed E-state index contributed by atoms with van der Waals surface area (Å²) in [7, 11) is -3.33. The largest absolute Gasteiger partial charge is 0.444 e. The average Bonchev–Trinajstić information content (AvgIpc) is 3.17. The number of hydrogen-bond acceptors (Lipinski definition) is 5. The van der Waals surface area contributed by atoms with Crippen molar-refractivity contribution in [3.05, 3.63) is 82.2 Å². The van der Waals surface area contributed by atoms with Crippen LogP contribution in [0.25, 0.3) is 0 Å². The van der Waals surface area contributed by atoms with Gasteiger partial charge in [0, 0.05) is 11.3 Å². The van der Waals surface area contributed by atoms with E-state index in [1.54, 1.807) is 54.6 Å². The van der Waals surface area contributed by atoms with E-state index in [0.29, 0.717) is 27.9 Å². The summed E-state index contributed by atoms with van der Waals surface area (Å²) in [5, 5.41) is 5.59. The molecule has 2 heterocycles. The van der Waals surface area contributed by atoms with Crippen molar-refractivity contribution < 1.29 is 22.4 Å². The van der Waals surface area contributed by atoms with Gasteiger partial charge >= 0.3 is 0 Å². The number of benzene rings is 2. The molecular weight excluding hydrogens is 472 g/mol. The van der Waals surface area contributed by atoms with Crippen LogP contribution < -0.4 is 10.6 Å². The first kappa shape index (κ1) is 20.4. The van der Waals surface area contributed by atoms with E-state index < -0.39 is 21.8 Å². The number of hydrogen-bond donors (Lipinski definition) is 2. The van der Waals surface area contributed by atoms with E-state index in [1.807, 2.05) is 0 Å². The summed E-state index contributed by atoms with van der Waals surface area (Å²) in [6.07, 6.45) is 0.300. The van der Waals surface area contributed by atoms with Crippen molar-refractivity contribution in [3.63, 3.8) is 0 Å². The van der Waals surface area contributed by atoms with Crippen molar-refractivity contribution in [2.24, 2.45) is 0 Å². The van der Waals surface area contributed by atoms with E-state index in [1.165, 1.54) is 6.07 Å². The minimum Gasteiger partial charge on any atom is -0.444 e. The van der Waals surface area contributed by atoms with Crippen molar-refractivity contribution in [2.45, 2.75) is 17.4 Å². The maximum atomic E-state index is 12.8. The predicted molar refractivity (Wildman–Crippen MR) is 114 cm³/mol. The van der Waals surface area contributed by atoms with Gasteiger partial charge in [0.15, 0.2) is 20.3 Å². The van der Waals surface area contributed by atoms with Crippen molar-refractivity contribution in [3.8, 4) is 0 Å². The standard InChI is InChI=1S/C21H17BrN2O5S/c22-19-9-8-17(29-19)21(26)23-14-5-3-4-13(12-14)20(25)24-16-10-11-30(27,28)18-7-2-1-6-15(16)18/h1-9,12,16H,10-11H2,(H,23,26)(H,24,25). The molecule has 0 radical (unpaired) electrons. The lowest BCUT2D eigenvalue weighted by molar-refractivity contribution is 0.0933. The molecular formula is C21H17BrN2O5S. The fourth-order valence-corrected chi connectivity index (χ4v) is 5.28. The molecule has 3 aromatic rings. The zero-order chi connectivity index (χ0) is 21.3. The van der Waals surface area contributed by atoms with Crippen LogP contribution in [0, 0.1) is 0 Å². The number of anilines is 1. The van der Waals surface area contributed by atoms with Crippen LogP contribution in [-0.4, -0.2) is 26.0 Å². The lowest BCUT2D eigenvalue weighted by atomic mass is 10.0. The van der Waals surface area contributed by atoms with Crippen LogP contribution in [0.2, 0.25) is 0 Å².